The van der Waals surface area contributed by atoms with Gasteiger partial charge in [0, 0.05) is 37.9 Å². The molecule has 2 aromatic rings. The van der Waals surface area contributed by atoms with E-state index >= 15 is 0 Å². The maximum atomic E-state index is 13.0. The summed E-state index contributed by atoms with van der Waals surface area (Å²) >= 11 is 0. The third-order valence-electron chi connectivity index (χ3n) is 3.71. The molecule has 1 aliphatic rings. The fourth-order valence-electron chi connectivity index (χ4n) is 2.53. The topological polar surface area (TPSA) is 62.5 Å². The minimum Gasteiger partial charge on any atom is -0.368 e. The van der Waals surface area contributed by atoms with E-state index in [0.29, 0.717) is 0 Å². The number of carbonyl (C=O) groups excluding carboxylic acids is 1. The zero-order valence-electron chi connectivity index (χ0n) is 12.0. The van der Waals surface area contributed by atoms with Gasteiger partial charge in [0.05, 0.1) is 0 Å². The Hall–Kier alpha value is -2.63. The van der Waals surface area contributed by atoms with E-state index in [4.69, 9.17) is 5.73 Å². The molecule has 0 spiro atoms. The molecule has 3 rings (SSSR count). The molecular formula is C16H16FN4O. The Labute approximate surface area is 128 Å². The number of primary amides is 1. The van der Waals surface area contributed by atoms with Crippen molar-refractivity contribution in [3.63, 3.8) is 0 Å². The standard InChI is InChI=1S/C16H16FN4O/c17-12-4-6-13(7-5-12)20-8-10-21(11-9-20)15-3-1-2-14(19-15)16(18)22/h1,3-7H,8-11H2,(H2,18,22). The van der Waals surface area contributed by atoms with E-state index in [9.17, 15) is 9.18 Å². The molecule has 1 saturated heterocycles. The van der Waals surface area contributed by atoms with Gasteiger partial charge in [-0.1, -0.05) is 0 Å². The van der Waals surface area contributed by atoms with E-state index < -0.39 is 5.91 Å². The van der Waals surface area contributed by atoms with Crippen molar-refractivity contribution in [1.82, 2.24) is 4.98 Å². The van der Waals surface area contributed by atoms with Crippen LogP contribution in [0.25, 0.3) is 0 Å². The number of rotatable bonds is 3. The number of halogens is 1. The first kappa shape index (κ1) is 14.3. The number of amides is 1. The Morgan fingerprint density at radius 2 is 1.73 bits per heavy atom. The smallest absolute Gasteiger partial charge is 0.268 e. The second-order valence-corrected chi connectivity index (χ2v) is 5.11. The quantitative estimate of drug-likeness (QED) is 0.931. The summed E-state index contributed by atoms with van der Waals surface area (Å²) in [7, 11) is 0. The summed E-state index contributed by atoms with van der Waals surface area (Å²) in [5, 5.41) is 0. The van der Waals surface area contributed by atoms with Gasteiger partial charge in [-0.3, -0.25) is 4.79 Å². The van der Waals surface area contributed by atoms with Crippen LogP contribution in [0, 0.1) is 11.9 Å². The number of aromatic nitrogens is 1. The van der Waals surface area contributed by atoms with Crippen molar-refractivity contribution >= 4 is 17.4 Å². The van der Waals surface area contributed by atoms with Crippen LogP contribution in [0.4, 0.5) is 15.9 Å². The van der Waals surface area contributed by atoms with Crippen LogP contribution in [-0.2, 0) is 0 Å². The average Bonchev–Trinajstić information content (AvgIpc) is 2.56. The lowest BCUT2D eigenvalue weighted by Gasteiger charge is -2.36. The molecule has 0 aliphatic carbocycles. The molecule has 1 aromatic heterocycles. The van der Waals surface area contributed by atoms with Gasteiger partial charge in [-0.05, 0) is 36.4 Å². The van der Waals surface area contributed by atoms with Gasteiger partial charge >= 0.3 is 0 Å². The van der Waals surface area contributed by atoms with Crippen LogP contribution in [0.3, 0.4) is 0 Å². The fraction of sp³-hybridized carbons (Fsp3) is 0.250. The Morgan fingerprint density at radius 3 is 2.36 bits per heavy atom. The number of pyridine rings is 1. The van der Waals surface area contributed by atoms with Crippen LogP contribution in [0.15, 0.2) is 36.4 Å². The zero-order chi connectivity index (χ0) is 15.5. The van der Waals surface area contributed by atoms with Crippen molar-refractivity contribution in [2.75, 3.05) is 36.0 Å². The van der Waals surface area contributed by atoms with E-state index in [1.165, 1.54) is 12.1 Å². The second-order valence-electron chi connectivity index (χ2n) is 5.11. The highest BCUT2D eigenvalue weighted by Gasteiger charge is 2.19. The summed E-state index contributed by atoms with van der Waals surface area (Å²) < 4.78 is 13.0. The summed E-state index contributed by atoms with van der Waals surface area (Å²) in [4.78, 5) is 19.7. The maximum absolute atomic E-state index is 13.0. The van der Waals surface area contributed by atoms with Crippen molar-refractivity contribution < 1.29 is 9.18 Å². The van der Waals surface area contributed by atoms with Gasteiger partial charge in [-0.25, -0.2) is 9.37 Å². The normalized spacial score (nSPS) is 15.0. The largest absolute Gasteiger partial charge is 0.368 e. The van der Waals surface area contributed by atoms with Crippen LogP contribution in [-0.4, -0.2) is 37.1 Å². The molecule has 2 N–H and O–H groups in total. The lowest BCUT2D eigenvalue weighted by atomic mass is 10.2. The van der Waals surface area contributed by atoms with Crippen LogP contribution < -0.4 is 15.5 Å². The zero-order valence-corrected chi connectivity index (χ0v) is 12.0. The molecule has 2 heterocycles. The number of carbonyl (C=O) groups is 1. The molecular weight excluding hydrogens is 283 g/mol. The molecule has 0 unspecified atom stereocenters. The van der Waals surface area contributed by atoms with E-state index in [2.05, 4.69) is 20.9 Å². The van der Waals surface area contributed by atoms with Gasteiger partial charge in [0.1, 0.15) is 17.3 Å². The monoisotopic (exact) mass is 299 g/mol. The van der Waals surface area contributed by atoms with Crippen molar-refractivity contribution in [3.8, 4) is 0 Å². The molecule has 113 valence electrons. The lowest BCUT2D eigenvalue weighted by Crippen LogP contribution is -2.47. The SMILES string of the molecule is NC(=O)c1[c]ccc(N2CCN(c3ccc(F)cc3)CC2)n1. The third kappa shape index (κ3) is 3.00. The average molecular weight is 299 g/mol. The van der Waals surface area contributed by atoms with Gasteiger partial charge in [0.15, 0.2) is 0 Å². The highest BCUT2D eigenvalue weighted by molar-refractivity contribution is 5.90. The van der Waals surface area contributed by atoms with E-state index in [0.717, 1.165) is 37.7 Å². The van der Waals surface area contributed by atoms with Crippen molar-refractivity contribution in [3.05, 3.63) is 54.0 Å². The van der Waals surface area contributed by atoms with Crippen molar-refractivity contribution in [1.29, 1.82) is 0 Å². The Bertz CT molecular complexity index is 666. The van der Waals surface area contributed by atoms with Crippen molar-refractivity contribution in [2.45, 2.75) is 0 Å². The Morgan fingerprint density at radius 1 is 1.09 bits per heavy atom. The molecule has 0 saturated carbocycles. The first-order valence-electron chi connectivity index (χ1n) is 7.07. The van der Waals surface area contributed by atoms with Gasteiger partial charge < -0.3 is 15.5 Å². The van der Waals surface area contributed by atoms with Gasteiger partial charge in [0.25, 0.3) is 5.91 Å². The predicted molar refractivity (Wildman–Crippen MR) is 82.4 cm³/mol. The Balaban J connectivity index is 1.67. The second kappa shape index (κ2) is 6.01. The number of nitrogens with two attached hydrogens (primary N) is 1. The number of anilines is 2. The molecule has 1 fully saturated rings. The molecule has 1 aromatic carbocycles. The highest BCUT2D eigenvalue weighted by Crippen LogP contribution is 2.19. The van der Waals surface area contributed by atoms with Gasteiger partial charge in [-0.2, -0.15) is 0 Å². The number of nitrogens with zero attached hydrogens (tertiary/aromatic N) is 3. The molecule has 22 heavy (non-hydrogen) atoms. The summed E-state index contributed by atoms with van der Waals surface area (Å²) in [6.45, 7) is 3.15. The molecule has 1 aliphatic heterocycles. The summed E-state index contributed by atoms with van der Waals surface area (Å²) in [5.74, 6) is -0.0794. The van der Waals surface area contributed by atoms with Crippen molar-refractivity contribution in [2.24, 2.45) is 5.73 Å². The molecule has 6 heteroatoms. The minimum absolute atomic E-state index is 0.151. The fourth-order valence-corrected chi connectivity index (χ4v) is 2.53. The van der Waals surface area contributed by atoms with E-state index in [1.807, 2.05) is 6.07 Å². The molecule has 1 amide bonds. The highest BCUT2D eigenvalue weighted by atomic mass is 19.1. The van der Waals surface area contributed by atoms with E-state index in [1.54, 1.807) is 18.2 Å². The van der Waals surface area contributed by atoms with Crippen LogP contribution in [0.1, 0.15) is 10.5 Å². The third-order valence-corrected chi connectivity index (χ3v) is 3.71. The van der Waals surface area contributed by atoms with Crippen LogP contribution >= 0.6 is 0 Å². The number of piperazine rings is 1. The number of hydrogen-bond acceptors (Lipinski definition) is 4. The van der Waals surface area contributed by atoms with Crippen LogP contribution in [0.5, 0.6) is 0 Å². The minimum atomic E-state index is -0.577. The molecule has 0 atom stereocenters. The molecule has 1 radical (unpaired) electrons. The van der Waals surface area contributed by atoms with Gasteiger partial charge in [0.2, 0.25) is 0 Å². The summed E-state index contributed by atoms with van der Waals surface area (Å²) in [6.07, 6.45) is 0. The van der Waals surface area contributed by atoms with E-state index in [-0.39, 0.29) is 11.5 Å². The van der Waals surface area contributed by atoms with Crippen LogP contribution in [0.2, 0.25) is 0 Å². The predicted octanol–water partition coefficient (Wildman–Crippen LogP) is 1.45. The molecule has 5 nitrogen and oxygen atoms in total. The van der Waals surface area contributed by atoms with Gasteiger partial charge in [-0.15, -0.1) is 0 Å². The summed E-state index contributed by atoms with van der Waals surface area (Å²) in [5.41, 5.74) is 6.39. The first-order valence-corrected chi connectivity index (χ1v) is 7.07. The first-order chi connectivity index (χ1) is 10.6. The summed E-state index contributed by atoms with van der Waals surface area (Å²) in [6, 6.07) is 12.7. The number of benzene rings is 1. The lowest BCUT2D eigenvalue weighted by molar-refractivity contribution is 0.0995. The molecule has 0 bridgehead atoms. The Kier molecular flexibility index (Phi) is 3.91. The maximum Gasteiger partial charge on any atom is 0.268 e. The number of hydrogen-bond donors (Lipinski definition) is 1.